The van der Waals surface area contributed by atoms with Crippen LogP contribution < -0.4 is 0 Å². The second-order valence-corrected chi connectivity index (χ2v) is 7.39. The quantitative estimate of drug-likeness (QED) is 0.204. The third kappa shape index (κ3) is 7.30. The average molecular weight is 438 g/mol. The van der Waals surface area contributed by atoms with E-state index in [0.29, 0.717) is 37.3 Å². The molecule has 0 saturated heterocycles. The fraction of sp³-hybridized carbons (Fsp3) is 0.308. The van der Waals surface area contributed by atoms with Gasteiger partial charge in [0.1, 0.15) is 18.1 Å². The second-order valence-electron chi connectivity index (χ2n) is 7.39. The summed E-state index contributed by atoms with van der Waals surface area (Å²) in [7, 11) is 3.13. The maximum absolute atomic E-state index is 12.8. The van der Waals surface area contributed by atoms with Gasteiger partial charge in [-0.15, -0.1) is 0 Å². The number of ether oxygens (including phenoxy) is 2. The van der Waals surface area contributed by atoms with Crippen molar-refractivity contribution >= 4 is 11.9 Å². The minimum Gasteiger partial charge on any atom is -0.490 e. The summed E-state index contributed by atoms with van der Waals surface area (Å²) in [6.07, 6.45) is 6.39. The lowest BCUT2D eigenvalue weighted by molar-refractivity contribution is -0.140. The van der Waals surface area contributed by atoms with Crippen LogP contribution in [-0.2, 0) is 14.3 Å². The summed E-state index contributed by atoms with van der Waals surface area (Å²) in [4.78, 5) is 25.7. The van der Waals surface area contributed by atoms with Crippen molar-refractivity contribution in [3.63, 3.8) is 0 Å². The lowest BCUT2D eigenvalue weighted by Crippen LogP contribution is -2.29. The number of methoxy groups -OCH3 is 1. The highest BCUT2D eigenvalue weighted by Crippen LogP contribution is 2.21. The normalized spacial score (nSPS) is 11.8. The van der Waals surface area contributed by atoms with E-state index in [-0.39, 0.29) is 11.9 Å². The molecule has 0 spiro atoms. The Morgan fingerprint density at radius 1 is 1.16 bits per heavy atom. The first-order valence-electron chi connectivity index (χ1n) is 10.4. The molecule has 0 saturated carbocycles. The largest absolute Gasteiger partial charge is 0.490 e. The molecule has 1 aromatic carbocycles. The topological polar surface area (TPSA) is 69.0 Å². The van der Waals surface area contributed by atoms with Crippen molar-refractivity contribution in [3.05, 3.63) is 83.9 Å². The molecule has 0 aliphatic carbocycles. The summed E-state index contributed by atoms with van der Waals surface area (Å²) in [5.74, 6) is 0.943. The van der Waals surface area contributed by atoms with E-state index < -0.39 is 0 Å². The lowest BCUT2D eigenvalue weighted by Gasteiger charge is -2.20. The van der Waals surface area contributed by atoms with E-state index >= 15 is 0 Å². The van der Waals surface area contributed by atoms with Gasteiger partial charge in [0.25, 0.3) is 5.91 Å². The first kappa shape index (κ1) is 24.7. The van der Waals surface area contributed by atoms with E-state index in [4.69, 9.17) is 9.15 Å². The molecule has 170 valence electrons. The smallest absolute Gasteiger partial charge is 0.305 e. The van der Waals surface area contributed by atoms with E-state index in [1.165, 1.54) is 7.11 Å². The summed E-state index contributed by atoms with van der Waals surface area (Å²) in [6.45, 7) is 8.54. The van der Waals surface area contributed by atoms with Crippen molar-refractivity contribution < 1.29 is 23.5 Å². The van der Waals surface area contributed by atoms with Crippen molar-refractivity contribution in [1.29, 1.82) is 0 Å². The Morgan fingerprint density at radius 2 is 1.88 bits per heavy atom. The van der Waals surface area contributed by atoms with E-state index in [1.807, 2.05) is 50.3 Å². The van der Waals surface area contributed by atoms with E-state index in [0.717, 1.165) is 22.5 Å². The molecule has 0 atom stereocenters. The number of furan rings is 1. The number of hydrogen-bond acceptors (Lipinski definition) is 5. The van der Waals surface area contributed by atoms with Gasteiger partial charge in [0.05, 0.1) is 13.4 Å². The molecule has 1 aromatic heterocycles. The predicted molar refractivity (Wildman–Crippen MR) is 125 cm³/mol. The molecule has 0 bridgehead atoms. The Balaban J connectivity index is 1.88. The Morgan fingerprint density at radius 3 is 2.47 bits per heavy atom. The van der Waals surface area contributed by atoms with Gasteiger partial charge in [0.15, 0.2) is 0 Å². The minimum absolute atomic E-state index is 0.0957. The Bertz CT molecular complexity index is 968. The van der Waals surface area contributed by atoms with Crippen molar-refractivity contribution in [3.8, 4) is 11.3 Å². The van der Waals surface area contributed by atoms with E-state index in [2.05, 4.69) is 11.3 Å². The molecule has 1 amide bonds. The molecule has 1 heterocycles. The number of hydrogen-bond donors (Lipinski definition) is 0. The molecule has 0 fully saturated rings. The van der Waals surface area contributed by atoms with Crippen LogP contribution in [0.25, 0.3) is 11.3 Å². The summed E-state index contributed by atoms with van der Waals surface area (Å²) in [6, 6.07) is 11.0. The number of carbonyl (C=O) groups excluding carboxylic acids is 2. The maximum atomic E-state index is 12.8. The van der Waals surface area contributed by atoms with Gasteiger partial charge in [-0.1, -0.05) is 30.4 Å². The van der Waals surface area contributed by atoms with Crippen LogP contribution in [-0.4, -0.2) is 44.1 Å². The zero-order valence-corrected chi connectivity index (χ0v) is 19.2. The number of nitrogens with zero attached hydrogens (tertiary/aromatic N) is 1. The Hall–Kier alpha value is -3.54. The summed E-state index contributed by atoms with van der Waals surface area (Å²) in [5, 5.41) is 0. The summed E-state index contributed by atoms with van der Waals surface area (Å²) in [5.41, 5.74) is 3.37. The Kier molecular flexibility index (Phi) is 9.54. The van der Waals surface area contributed by atoms with Crippen LogP contribution in [0.15, 0.2) is 82.7 Å². The molecule has 2 aromatic rings. The number of likely N-dealkylation sites (N-methyl/N-ethyl adjacent to an activating group) is 1. The SMILES string of the molecule is C=C(OC/C=C(\C)CCC(=O)OC)/C(=C\C)CN(C)C(=O)c1ccc(-c2ccco2)cc1. The van der Waals surface area contributed by atoms with Gasteiger partial charge < -0.3 is 18.8 Å². The highest BCUT2D eigenvalue weighted by Gasteiger charge is 2.15. The number of benzene rings is 1. The molecule has 32 heavy (non-hydrogen) atoms. The summed E-state index contributed by atoms with van der Waals surface area (Å²) < 4.78 is 15.8. The highest BCUT2D eigenvalue weighted by atomic mass is 16.5. The molecule has 6 nitrogen and oxygen atoms in total. The van der Waals surface area contributed by atoms with Crippen LogP contribution in [0.2, 0.25) is 0 Å². The number of rotatable bonds is 11. The fourth-order valence-electron chi connectivity index (χ4n) is 2.99. The third-order valence-electron chi connectivity index (χ3n) is 5.04. The number of esters is 1. The molecule has 0 radical (unpaired) electrons. The van der Waals surface area contributed by atoms with Gasteiger partial charge in [-0.05, 0) is 50.6 Å². The predicted octanol–water partition coefficient (Wildman–Crippen LogP) is 5.39. The van der Waals surface area contributed by atoms with Crippen LogP contribution >= 0.6 is 0 Å². The maximum Gasteiger partial charge on any atom is 0.305 e. The van der Waals surface area contributed by atoms with Crippen molar-refractivity contribution in [2.75, 3.05) is 27.3 Å². The highest BCUT2D eigenvalue weighted by molar-refractivity contribution is 5.94. The van der Waals surface area contributed by atoms with Crippen molar-refractivity contribution in [1.82, 2.24) is 4.90 Å². The monoisotopic (exact) mass is 437 g/mol. The first-order chi connectivity index (χ1) is 15.3. The first-order valence-corrected chi connectivity index (χ1v) is 10.4. The summed E-state index contributed by atoms with van der Waals surface area (Å²) >= 11 is 0. The average Bonchev–Trinajstić information content (AvgIpc) is 3.35. The fourth-order valence-corrected chi connectivity index (χ4v) is 2.99. The van der Waals surface area contributed by atoms with Crippen molar-refractivity contribution in [2.45, 2.75) is 26.7 Å². The third-order valence-corrected chi connectivity index (χ3v) is 5.04. The van der Waals surface area contributed by atoms with Crippen LogP contribution in [0.5, 0.6) is 0 Å². The molecule has 0 unspecified atom stereocenters. The zero-order valence-electron chi connectivity index (χ0n) is 19.2. The second kappa shape index (κ2) is 12.3. The van der Waals surface area contributed by atoms with Crippen LogP contribution in [0.4, 0.5) is 0 Å². The standard InChI is InChI=1S/C26H31NO5/c1-6-21(20(3)31-17-15-19(2)9-14-25(28)30-5)18-27(4)26(29)23-12-10-22(11-13-23)24-8-7-16-32-24/h6-8,10-13,15-16H,3,9,14,17-18H2,1-2,4-5H3/b19-15+,21-6-. The van der Waals surface area contributed by atoms with Gasteiger partial charge in [-0.3, -0.25) is 9.59 Å². The molecule has 6 heteroatoms. The van der Waals surface area contributed by atoms with E-state index in [1.54, 1.807) is 30.3 Å². The Labute approximate surface area is 189 Å². The van der Waals surface area contributed by atoms with Crippen LogP contribution in [0.3, 0.4) is 0 Å². The van der Waals surface area contributed by atoms with Crippen molar-refractivity contribution in [2.24, 2.45) is 0 Å². The minimum atomic E-state index is -0.234. The molecule has 0 aliphatic heterocycles. The van der Waals surface area contributed by atoms with Gasteiger partial charge in [0, 0.05) is 36.7 Å². The van der Waals surface area contributed by atoms with Gasteiger partial charge in [-0.25, -0.2) is 0 Å². The zero-order chi connectivity index (χ0) is 23.5. The molecular formula is C26H31NO5. The van der Waals surface area contributed by atoms with Gasteiger partial charge >= 0.3 is 5.97 Å². The molecule has 2 rings (SSSR count). The van der Waals surface area contributed by atoms with E-state index in [9.17, 15) is 9.59 Å². The molecular weight excluding hydrogens is 406 g/mol. The number of carbonyl (C=O) groups is 2. The lowest BCUT2D eigenvalue weighted by atomic mass is 10.1. The number of amides is 1. The molecule has 0 N–H and O–H groups in total. The van der Waals surface area contributed by atoms with Gasteiger partial charge in [-0.2, -0.15) is 0 Å². The van der Waals surface area contributed by atoms with Crippen LogP contribution in [0, 0.1) is 0 Å². The van der Waals surface area contributed by atoms with Gasteiger partial charge in [0.2, 0.25) is 0 Å². The molecule has 0 aliphatic rings. The number of allylic oxidation sites excluding steroid dienone is 2. The van der Waals surface area contributed by atoms with Crippen LogP contribution in [0.1, 0.15) is 37.0 Å².